The van der Waals surface area contributed by atoms with Gasteiger partial charge in [0.1, 0.15) is 6.04 Å². The fraction of sp³-hybridized carbons (Fsp3) is 0.217. The summed E-state index contributed by atoms with van der Waals surface area (Å²) in [5, 5.41) is 7.31. The number of esters is 1. The number of thiazole rings is 1. The number of hydrogen-bond donors (Lipinski definition) is 2. The van der Waals surface area contributed by atoms with Gasteiger partial charge in [-0.25, -0.2) is 14.6 Å². The van der Waals surface area contributed by atoms with Gasteiger partial charge in [0.25, 0.3) is 0 Å². The Morgan fingerprint density at radius 3 is 2.28 bits per heavy atom. The minimum Gasteiger partial charge on any atom is -0.464 e. The van der Waals surface area contributed by atoms with Crippen LogP contribution in [0.4, 0.5) is 9.93 Å². The van der Waals surface area contributed by atoms with Crippen LogP contribution in [-0.4, -0.2) is 48.0 Å². The Morgan fingerprint density at radius 2 is 1.66 bits per heavy atom. The molecule has 1 atom stereocenters. The number of amides is 3. The molecule has 1 aromatic heterocycles. The predicted molar refractivity (Wildman–Crippen MR) is 122 cm³/mol. The van der Waals surface area contributed by atoms with Crippen molar-refractivity contribution in [2.24, 2.45) is 0 Å². The molecule has 2 N–H and O–H groups in total. The van der Waals surface area contributed by atoms with E-state index in [0.29, 0.717) is 13.0 Å². The first-order valence-electron chi connectivity index (χ1n) is 9.91. The third-order valence-electron chi connectivity index (χ3n) is 4.78. The molecule has 0 aliphatic rings. The lowest BCUT2D eigenvalue weighted by atomic mass is 10.0. The van der Waals surface area contributed by atoms with E-state index in [1.807, 2.05) is 60.7 Å². The quantitative estimate of drug-likeness (QED) is 0.511. The third-order valence-corrected chi connectivity index (χ3v) is 5.54. The third kappa shape index (κ3) is 6.14. The monoisotopic (exact) mass is 452 g/mol. The number of carbonyl (C=O) groups is 3. The lowest BCUT2D eigenvalue weighted by molar-refractivity contribution is -0.120. The molecule has 32 heavy (non-hydrogen) atoms. The van der Waals surface area contributed by atoms with Crippen molar-refractivity contribution in [3.05, 3.63) is 82.9 Å². The van der Waals surface area contributed by atoms with E-state index >= 15 is 0 Å². The molecular formula is C23H24N4O4S. The molecule has 9 heteroatoms. The van der Waals surface area contributed by atoms with Crippen LogP contribution in [0.25, 0.3) is 0 Å². The maximum atomic E-state index is 13.1. The molecule has 3 aromatic rings. The first kappa shape index (κ1) is 23.0. The van der Waals surface area contributed by atoms with Gasteiger partial charge in [0.05, 0.1) is 7.11 Å². The molecule has 1 heterocycles. The van der Waals surface area contributed by atoms with Crippen LogP contribution < -0.4 is 10.6 Å². The number of nitrogens with zero attached hydrogens (tertiary/aromatic N) is 2. The molecule has 0 saturated carbocycles. The lowest BCUT2D eigenvalue weighted by Gasteiger charge is -2.27. The van der Waals surface area contributed by atoms with Crippen molar-refractivity contribution in [2.45, 2.75) is 19.0 Å². The van der Waals surface area contributed by atoms with Crippen molar-refractivity contribution in [3.8, 4) is 0 Å². The highest BCUT2D eigenvalue weighted by Gasteiger charge is 2.28. The molecule has 0 fully saturated rings. The number of aromatic nitrogens is 1. The van der Waals surface area contributed by atoms with Gasteiger partial charge >= 0.3 is 12.0 Å². The Labute approximate surface area is 190 Å². The van der Waals surface area contributed by atoms with Crippen molar-refractivity contribution in [2.75, 3.05) is 19.5 Å². The molecule has 0 aliphatic heterocycles. The van der Waals surface area contributed by atoms with Gasteiger partial charge in [-0.05, 0) is 11.1 Å². The van der Waals surface area contributed by atoms with E-state index in [-0.39, 0.29) is 16.9 Å². The highest BCUT2D eigenvalue weighted by Crippen LogP contribution is 2.18. The topological polar surface area (TPSA) is 101 Å². The van der Waals surface area contributed by atoms with E-state index in [0.717, 1.165) is 22.5 Å². The van der Waals surface area contributed by atoms with Crippen LogP contribution in [0, 0.1) is 0 Å². The minimum atomic E-state index is -0.793. The molecule has 0 radical (unpaired) electrons. The molecule has 0 bridgehead atoms. The van der Waals surface area contributed by atoms with E-state index in [9.17, 15) is 14.4 Å². The molecule has 2 aromatic carbocycles. The van der Waals surface area contributed by atoms with Gasteiger partial charge < -0.3 is 20.3 Å². The van der Waals surface area contributed by atoms with Gasteiger partial charge in [-0.1, -0.05) is 60.7 Å². The summed E-state index contributed by atoms with van der Waals surface area (Å²) in [5.74, 6) is -0.989. The van der Waals surface area contributed by atoms with Crippen LogP contribution in [0.1, 0.15) is 21.6 Å². The number of rotatable bonds is 8. The maximum absolute atomic E-state index is 13.1. The molecule has 0 saturated heterocycles. The average Bonchev–Trinajstić information content (AvgIpc) is 3.29. The van der Waals surface area contributed by atoms with Crippen molar-refractivity contribution >= 4 is 34.4 Å². The van der Waals surface area contributed by atoms with Crippen LogP contribution in [0.3, 0.4) is 0 Å². The second-order valence-corrected chi connectivity index (χ2v) is 7.84. The van der Waals surface area contributed by atoms with Crippen LogP contribution in [-0.2, 0) is 22.5 Å². The number of benzene rings is 2. The largest absolute Gasteiger partial charge is 0.464 e. The van der Waals surface area contributed by atoms with Crippen molar-refractivity contribution < 1.29 is 19.1 Å². The smallest absolute Gasteiger partial charge is 0.357 e. The van der Waals surface area contributed by atoms with Gasteiger partial charge in [-0.3, -0.25) is 4.79 Å². The van der Waals surface area contributed by atoms with E-state index < -0.39 is 17.9 Å². The van der Waals surface area contributed by atoms with Crippen LogP contribution in [0.5, 0.6) is 0 Å². The molecule has 0 unspecified atom stereocenters. The summed E-state index contributed by atoms with van der Waals surface area (Å²) in [7, 11) is 2.84. The van der Waals surface area contributed by atoms with Crippen molar-refractivity contribution in [3.63, 3.8) is 0 Å². The van der Waals surface area contributed by atoms with Gasteiger partial charge in [-0.15, -0.1) is 11.3 Å². The standard InChI is InChI=1S/C23H24N4O4S/c1-27(23(30)24-14-17-11-7-4-8-12-17)19(13-16-9-5-3-6-10-16)20(28)26-22-25-18(15-32-22)21(29)31-2/h3-12,15,19H,13-14H2,1-2H3,(H,24,30)(H,25,26,28)/t19-/m0/s1. The second kappa shape index (κ2) is 11.1. The fourth-order valence-electron chi connectivity index (χ4n) is 3.00. The Morgan fingerprint density at radius 1 is 1.03 bits per heavy atom. The Kier molecular flexibility index (Phi) is 7.93. The van der Waals surface area contributed by atoms with Gasteiger partial charge in [0.15, 0.2) is 10.8 Å². The molecule has 166 valence electrons. The SMILES string of the molecule is COC(=O)c1csc(NC(=O)[C@H](Cc2ccccc2)N(C)C(=O)NCc2ccccc2)n1. The number of likely N-dealkylation sites (N-methyl/N-ethyl adjacent to an activating group) is 1. The zero-order chi connectivity index (χ0) is 22.9. The Hall–Kier alpha value is -3.72. The molecule has 3 amide bonds. The summed E-state index contributed by atoms with van der Waals surface area (Å²) in [5.41, 5.74) is 1.97. The second-order valence-electron chi connectivity index (χ2n) is 6.98. The van der Waals surface area contributed by atoms with Gasteiger partial charge in [-0.2, -0.15) is 0 Å². The Balaban J connectivity index is 1.73. The minimum absolute atomic E-state index is 0.112. The first-order chi connectivity index (χ1) is 15.5. The van der Waals surface area contributed by atoms with Crippen molar-refractivity contribution in [1.82, 2.24) is 15.2 Å². The van der Waals surface area contributed by atoms with Gasteiger partial charge in [0.2, 0.25) is 5.91 Å². The number of anilines is 1. The van der Waals surface area contributed by atoms with E-state index in [1.54, 1.807) is 7.05 Å². The number of ether oxygens (including phenoxy) is 1. The fourth-order valence-corrected chi connectivity index (χ4v) is 3.68. The first-order valence-corrected chi connectivity index (χ1v) is 10.8. The van der Waals surface area contributed by atoms with Gasteiger partial charge in [0, 0.05) is 25.4 Å². The molecule has 3 rings (SSSR count). The Bertz CT molecular complexity index is 1060. The lowest BCUT2D eigenvalue weighted by Crippen LogP contribution is -2.50. The number of hydrogen-bond acceptors (Lipinski definition) is 6. The van der Waals surface area contributed by atoms with Crippen LogP contribution >= 0.6 is 11.3 Å². The number of carbonyl (C=O) groups excluding carboxylic acids is 3. The van der Waals surface area contributed by atoms with Crippen LogP contribution in [0.2, 0.25) is 0 Å². The highest BCUT2D eigenvalue weighted by atomic mass is 32.1. The highest BCUT2D eigenvalue weighted by molar-refractivity contribution is 7.14. The molecular weight excluding hydrogens is 428 g/mol. The number of methoxy groups -OCH3 is 1. The van der Waals surface area contributed by atoms with E-state index in [2.05, 4.69) is 20.4 Å². The number of urea groups is 1. The summed E-state index contributed by atoms with van der Waals surface area (Å²) >= 11 is 1.11. The molecule has 0 spiro atoms. The van der Waals surface area contributed by atoms with E-state index in [1.165, 1.54) is 17.4 Å². The average molecular weight is 453 g/mol. The summed E-state index contributed by atoms with van der Waals surface area (Å²) < 4.78 is 4.65. The van der Waals surface area contributed by atoms with E-state index in [4.69, 9.17) is 0 Å². The normalized spacial score (nSPS) is 11.3. The predicted octanol–water partition coefficient (Wildman–Crippen LogP) is 3.32. The summed E-state index contributed by atoms with van der Waals surface area (Å²) in [6.45, 7) is 0.346. The summed E-state index contributed by atoms with van der Waals surface area (Å²) in [6, 6.07) is 17.8. The molecule has 0 aliphatic carbocycles. The zero-order valence-electron chi connectivity index (χ0n) is 17.8. The zero-order valence-corrected chi connectivity index (χ0v) is 18.6. The van der Waals surface area contributed by atoms with Crippen LogP contribution in [0.15, 0.2) is 66.0 Å². The summed E-state index contributed by atoms with van der Waals surface area (Å²) in [4.78, 5) is 43.0. The summed E-state index contributed by atoms with van der Waals surface area (Å²) in [6.07, 6.45) is 0.317. The maximum Gasteiger partial charge on any atom is 0.357 e. The number of nitrogens with one attached hydrogen (secondary N) is 2. The molecule has 8 nitrogen and oxygen atoms in total. The van der Waals surface area contributed by atoms with Crippen molar-refractivity contribution in [1.29, 1.82) is 0 Å².